The highest BCUT2D eigenvalue weighted by atomic mass is 16.3. The number of rotatable bonds is 2. The van der Waals surface area contributed by atoms with Gasteiger partial charge in [0.15, 0.2) is 0 Å². The van der Waals surface area contributed by atoms with Crippen molar-refractivity contribution >= 4 is 0 Å². The minimum atomic E-state index is -0.559. The van der Waals surface area contributed by atoms with Crippen LogP contribution in [0.3, 0.4) is 0 Å². The van der Waals surface area contributed by atoms with Crippen LogP contribution in [0.2, 0.25) is 0 Å². The molecular weight excluding hydrogens is 182 g/mol. The number of aliphatic hydroxyl groups excluding tert-OH is 1. The van der Waals surface area contributed by atoms with Crippen LogP contribution in [-0.4, -0.2) is 25.6 Å². The van der Waals surface area contributed by atoms with Gasteiger partial charge in [0.25, 0.3) is 0 Å². The largest absolute Gasteiger partial charge is 0.391 e. The van der Waals surface area contributed by atoms with Gasteiger partial charge in [0.2, 0.25) is 0 Å². The first kappa shape index (κ1) is 11.0. The Morgan fingerprint density at radius 1 is 1.57 bits per heavy atom. The zero-order valence-electron chi connectivity index (χ0n) is 9.06. The first-order valence-electron chi connectivity index (χ1n) is 4.65. The van der Waals surface area contributed by atoms with E-state index < -0.39 is 6.10 Å². The highest BCUT2D eigenvalue weighted by molar-refractivity contribution is 4.79. The van der Waals surface area contributed by atoms with Crippen LogP contribution in [0.25, 0.3) is 0 Å². The molecule has 1 heterocycles. The maximum Gasteiger partial charge on any atom is 0.346 e. The molecule has 0 unspecified atom stereocenters. The number of hydrogen-bond donors (Lipinski definition) is 1. The molecule has 0 saturated heterocycles. The molecular formula is C9H17N3O2. The summed E-state index contributed by atoms with van der Waals surface area (Å²) in [7, 11) is 0. The summed E-state index contributed by atoms with van der Waals surface area (Å²) in [5.41, 5.74) is -0.452. The summed E-state index contributed by atoms with van der Waals surface area (Å²) < 4.78 is 2.82. The molecule has 80 valence electrons. The van der Waals surface area contributed by atoms with Crippen molar-refractivity contribution in [1.29, 1.82) is 0 Å². The lowest BCUT2D eigenvalue weighted by molar-refractivity contribution is 0.166. The molecule has 0 amide bonds. The third kappa shape index (κ3) is 2.23. The van der Waals surface area contributed by atoms with E-state index in [4.69, 9.17) is 5.11 Å². The SMILES string of the molecule is C[C@H](O)Cn1ncn(C(C)(C)C)c1=O. The van der Waals surface area contributed by atoms with Crippen LogP contribution in [0.4, 0.5) is 0 Å². The number of nitrogens with zero attached hydrogens (tertiary/aromatic N) is 3. The van der Waals surface area contributed by atoms with Gasteiger partial charge in [0, 0.05) is 5.54 Å². The van der Waals surface area contributed by atoms with E-state index in [1.54, 1.807) is 11.5 Å². The Hall–Kier alpha value is -1.10. The van der Waals surface area contributed by atoms with Crippen molar-refractivity contribution in [3.05, 3.63) is 16.8 Å². The maximum atomic E-state index is 11.7. The van der Waals surface area contributed by atoms with Crippen molar-refractivity contribution in [1.82, 2.24) is 14.3 Å². The van der Waals surface area contributed by atoms with Gasteiger partial charge in [0.05, 0.1) is 12.6 Å². The van der Waals surface area contributed by atoms with Gasteiger partial charge in [0.1, 0.15) is 6.33 Å². The summed E-state index contributed by atoms with van der Waals surface area (Å²) in [6.45, 7) is 7.67. The standard InChI is InChI=1S/C9H17N3O2/c1-7(13)5-12-8(14)11(6-10-12)9(2,3)4/h6-7,13H,5H2,1-4H3/t7-/m0/s1. The third-order valence-corrected chi connectivity index (χ3v) is 1.89. The number of aliphatic hydroxyl groups is 1. The minimum absolute atomic E-state index is 0.182. The molecule has 1 aromatic heterocycles. The molecule has 0 aliphatic heterocycles. The van der Waals surface area contributed by atoms with Crippen LogP contribution in [0.1, 0.15) is 27.7 Å². The summed E-state index contributed by atoms with van der Waals surface area (Å²) in [4.78, 5) is 11.7. The summed E-state index contributed by atoms with van der Waals surface area (Å²) in [6.07, 6.45) is 0.945. The lowest BCUT2D eigenvalue weighted by Crippen LogP contribution is -2.35. The zero-order chi connectivity index (χ0) is 10.9. The van der Waals surface area contributed by atoms with Gasteiger partial charge in [-0.05, 0) is 27.7 Å². The fraction of sp³-hybridized carbons (Fsp3) is 0.778. The van der Waals surface area contributed by atoms with Crippen molar-refractivity contribution in [3.8, 4) is 0 Å². The molecule has 1 N–H and O–H groups in total. The lowest BCUT2D eigenvalue weighted by Gasteiger charge is -2.18. The van der Waals surface area contributed by atoms with Crippen molar-refractivity contribution < 1.29 is 5.11 Å². The van der Waals surface area contributed by atoms with E-state index in [9.17, 15) is 4.79 Å². The molecule has 0 aromatic carbocycles. The van der Waals surface area contributed by atoms with Gasteiger partial charge in [-0.3, -0.25) is 4.57 Å². The molecule has 0 aliphatic rings. The topological polar surface area (TPSA) is 60.0 Å². The Morgan fingerprint density at radius 3 is 2.50 bits per heavy atom. The van der Waals surface area contributed by atoms with Gasteiger partial charge in [-0.25, -0.2) is 9.48 Å². The first-order valence-corrected chi connectivity index (χ1v) is 4.65. The molecule has 0 radical (unpaired) electrons. The smallest absolute Gasteiger partial charge is 0.346 e. The van der Waals surface area contributed by atoms with Crippen LogP contribution >= 0.6 is 0 Å². The average Bonchev–Trinajstić information content (AvgIpc) is 2.30. The summed E-state index contributed by atoms with van der Waals surface area (Å²) in [5.74, 6) is 0. The Balaban J connectivity index is 3.04. The lowest BCUT2D eigenvalue weighted by atomic mass is 10.1. The number of hydrogen-bond acceptors (Lipinski definition) is 3. The van der Waals surface area contributed by atoms with E-state index in [1.807, 2.05) is 20.8 Å². The zero-order valence-corrected chi connectivity index (χ0v) is 9.06. The van der Waals surface area contributed by atoms with Crippen molar-refractivity contribution in [2.45, 2.75) is 45.9 Å². The normalized spacial score (nSPS) is 14.4. The van der Waals surface area contributed by atoms with E-state index in [2.05, 4.69) is 5.10 Å². The summed E-state index contributed by atoms with van der Waals surface area (Å²) in [5, 5.41) is 13.1. The fourth-order valence-corrected chi connectivity index (χ4v) is 1.17. The van der Waals surface area contributed by atoms with Crippen LogP contribution in [0, 0.1) is 0 Å². The molecule has 0 spiro atoms. The summed E-state index contributed by atoms with van der Waals surface area (Å²) in [6, 6.07) is 0. The van der Waals surface area contributed by atoms with Gasteiger partial charge < -0.3 is 5.11 Å². The molecule has 5 nitrogen and oxygen atoms in total. The quantitative estimate of drug-likeness (QED) is 0.739. The van der Waals surface area contributed by atoms with Crippen molar-refractivity contribution in [2.75, 3.05) is 0 Å². The van der Waals surface area contributed by atoms with Gasteiger partial charge in [-0.2, -0.15) is 5.10 Å². The molecule has 1 rings (SSSR count). The molecule has 5 heteroatoms. The fourth-order valence-electron chi connectivity index (χ4n) is 1.17. The first-order chi connectivity index (χ1) is 6.32. The van der Waals surface area contributed by atoms with Gasteiger partial charge in [-0.1, -0.05) is 0 Å². The molecule has 1 aromatic rings. The third-order valence-electron chi connectivity index (χ3n) is 1.89. The maximum absolute atomic E-state index is 11.7. The Labute approximate surface area is 83.0 Å². The van der Waals surface area contributed by atoms with Crippen LogP contribution < -0.4 is 5.69 Å². The summed E-state index contributed by atoms with van der Waals surface area (Å²) >= 11 is 0. The van der Waals surface area contributed by atoms with Gasteiger partial charge in [-0.15, -0.1) is 0 Å². The predicted octanol–water partition coefficient (Wildman–Crippen LogP) is 0.181. The average molecular weight is 199 g/mol. The molecule has 0 fully saturated rings. The highest BCUT2D eigenvalue weighted by Crippen LogP contribution is 2.08. The second-order valence-corrected chi connectivity index (χ2v) is 4.49. The number of aromatic nitrogens is 3. The van der Waals surface area contributed by atoms with Crippen molar-refractivity contribution in [3.63, 3.8) is 0 Å². The van der Waals surface area contributed by atoms with E-state index in [0.717, 1.165) is 0 Å². The van der Waals surface area contributed by atoms with E-state index in [0.29, 0.717) is 0 Å². The molecule has 0 bridgehead atoms. The molecule has 1 atom stereocenters. The molecule has 14 heavy (non-hydrogen) atoms. The molecule has 0 saturated carbocycles. The van der Waals surface area contributed by atoms with Gasteiger partial charge >= 0.3 is 5.69 Å². The van der Waals surface area contributed by atoms with Crippen LogP contribution in [0.15, 0.2) is 11.1 Å². The monoisotopic (exact) mass is 199 g/mol. The van der Waals surface area contributed by atoms with E-state index in [1.165, 1.54) is 11.0 Å². The Kier molecular flexibility index (Phi) is 2.80. The van der Waals surface area contributed by atoms with E-state index in [-0.39, 0.29) is 17.8 Å². The minimum Gasteiger partial charge on any atom is -0.391 e. The Morgan fingerprint density at radius 2 is 2.14 bits per heavy atom. The second kappa shape index (κ2) is 3.57. The van der Waals surface area contributed by atoms with E-state index >= 15 is 0 Å². The van der Waals surface area contributed by atoms with Crippen LogP contribution in [0.5, 0.6) is 0 Å². The predicted molar refractivity (Wildman–Crippen MR) is 53.2 cm³/mol. The van der Waals surface area contributed by atoms with Crippen molar-refractivity contribution in [2.24, 2.45) is 0 Å². The molecule has 0 aliphatic carbocycles. The Bertz CT molecular complexity index is 357. The second-order valence-electron chi connectivity index (χ2n) is 4.49. The van der Waals surface area contributed by atoms with Crippen LogP contribution in [-0.2, 0) is 12.1 Å². The highest BCUT2D eigenvalue weighted by Gasteiger charge is 2.17.